The van der Waals surface area contributed by atoms with E-state index in [1.54, 1.807) is 34.8 Å². The van der Waals surface area contributed by atoms with Crippen LogP contribution in [0.15, 0.2) is 41.8 Å². The molecule has 8 heteroatoms. The zero-order valence-corrected chi connectivity index (χ0v) is 16.2. The number of rotatable bonds is 5. The first-order chi connectivity index (χ1) is 13.1. The summed E-state index contributed by atoms with van der Waals surface area (Å²) in [6, 6.07) is 11.2. The van der Waals surface area contributed by atoms with Crippen LogP contribution in [0.4, 0.5) is 5.69 Å². The van der Waals surface area contributed by atoms with Gasteiger partial charge in [-0.15, -0.1) is 22.7 Å². The number of anilines is 1. The van der Waals surface area contributed by atoms with Gasteiger partial charge in [-0.1, -0.05) is 12.1 Å². The van der Waals surface area contributed by atoms with Crippen molar-refractivity contribution in [3.05, 3.63) is 51.7 Å². The van der Waals surface area contributed by atoms with Gasteiger partial charge in [0.15, 0.2) is 6.10 Å². The molecular weight excluding hydrogens is 382 g/mol. The second-order valence-corrected chi connectivity index (χ2v) is 8.32. The van der Waals surface area contributed by atoms with Crippen LogP contribution in [0.2, 0.25) is 0 Å². The van der Waals surface area contributed by atoms with Crippen LogP contribution in [0.1, 0.15) is 16.3 Å². The lowest BCUT2D eigenvalue weighted by Crippen LogP contribution is -2.40. The van der Waals surface area contributed by atoms with Crippen molar-refractivity contribution >= 4 is 40.2 Å². The molecule has 1 aromatic carbocycles. The number of fused-ring (bicyclic) bond motifs is 1. The summed E-state index contributed by atoms with van der Waals surface area (Å²) in [5, 5.41) is 8.68. The minimum atomic E-state index is -0.822. The zero-order valence-electron chi connectivity index (χ0n) is 14.5. The molecule has 1 atom stereocenters. The summed E-state index contributed by atoms with van der Waals surface area (Å²) in [6.45, 7) is 2.39. The Morgan fingerprint density at radius 2 is 2.15 bits per heavy atom. The van der Waals surface area contributed by atoms with Crippen molar-refractivity contribution in [2.45, 2.75) is 26.0 Å². The summed E-state index contributed by atoms with van der Waals surface area (Å²) in [5.41, 5.74) is 1.59. The third kappa shape index (κ3) is 4.01. The highest BCUT2D eigenvalue weighted by molar-refractivity contribution is 7.16. The van der Waals surface area contributed by atoms with Crippen molar-refractivity contribution in [1.82, 2.24) is 10.3 Å². The van der Waals surface area contributed by atoms with Gasteiger partial charge >= 0.3 is 0 Å². The second-order valence-electron chi connectivity index (χ2n) is 6.09. The van der Waals surface area contributed by atoms with Gasteiger partial charge in [-0.25, -0.2) is 4.98 Å². The molecule has 0 spiro atoms. The Morgan fingerprint density at radius 3 is 2.96 bits per heavy atom. The number of aryl methyl sites for hydroxylation is 1. The summed E-state index contributed by atoms with van der Waals surface area (Å²) in [4.78, 5) is 30.9. The molecule has 0 saturated carbocycles. The lowest BCUT2D eigenvalue weighted by atomic mass is 10.1. The first-order valence-electron chi connectivity index (χ1n) is 8.43. The smallest absolute Gasteiger partial charge is 0.266 e. The number of hydrogen-bond acceptors (Lipinski definition) is 6. The standard InChI is InChI=1S/C19H17N3O3S2/c1-11-21-14(10-26-11)17-7-6-12(27-17)9-20-18(23)8-16-19(24)22-13-4-2-3-5-15(13)25-16/h2-7,10,16H,8-9H2,1H3,(H,20,23)(H,22,24)/t16-/m1/s1. The number of aromatic nitrogens is 1. The Labute approximate surface area is 164 Å². The molecule has 0 saturated heterocycles. The van der Waals surface area contributed by atoms with Gasteiger partial charge in [-0.2, -0.15) is 0 Å². The van der Waals surface area contributed by atoms with E-state index < -0.39 is 6.10 Å². The molecule has 1 aliphatic heterocycles. The monoisotopic (exact) mass is 399 g/mol. The van der Waals surface area contributed by atoms with Gasteiger partial charge in [0, 0.05) is 10.3 Å². The molecule has 0 bridgehead atoms. The second kappa shape index (κ2) is 7.50. The number of thiophene rings is 1. The van der Waals surface area contributed by atoms with Crippen LogP contribution in [-0.4, -0.2) is 22.9 Å². The lowest BCUT2D eigenvalue weighted by molar-refractivity contribution is -0.130. The van der Waals surface area contributed by atoms with E-state index in [0.717, 1.165) is 20.5 Å². The number of ether oxygens (including phenoxy) is 1. The van der Waals surface area contributed by atoms with Gasteiger partial charge in [0.2, 0.25) is 5.91 Å². The van der Waals surface area contributed by atoms with E-state index >= 15 is 0 Å². The fourth-order valence-corrected chi connectivity index (χ4v) is 4.34. The van der Waals surface area contributed by atoms with Gasteiger partial charge in [-0.05, 0) is 31.2 Å². The van der Waals surface area contributed by atoms with Crippen LogP contribution in [0.5, 0.6) is 5.75 Å². The third-order valence-corrected chi connectivity index (χ3v) is 5.95. The highest BCUT2D eigenvalue weighted by Crippen LogP contribution is 2.30. The molecular formula is C19H17N3O3S2. The van der Waals surface area contributed by atoms with Gasteiger partial charge in [-0.3, -0.25) is 9.59 Å². The van der Waals surface area contributed by atoms with E-state index in [2.05, 4.69) is 15.6 Å². The van der Waals surface area contributed by atoms with Crippen molar-refractivity contribution in [2.24, 2.45) is 0 Å². The first-order valence-corrected chi connectivity index (χ1v) is 10.1. The Morgan fingerprint density at radius 1 is 1.30 bits per heavy atom. The van der Waals surface area contributed by atoms with Crippen molar-refractivity contribution < 1.29 is 14.3 Å². The zero-order chi connectivity index (χ0) is 18.8. The Kier molecular flexibility index (Phi) is 4.91. The Balaban J connectivity index is 1.33. The number of benzene rings is 1. The fraction of sp³-hybridized carbons (Fsp3) is 0.211. The van der Waals surface area contributed by atoms with E-state index in [-0.39, 0.29) is 18.2 Å². The maximum Gasteiger partial charge on any atom is 0.266 e. The largest absolute Gasteiger partial charge is 0.478 e. The van der Waals surface area contributed by atoms with Gasteiger partial charge in [0.25, 0.3) is 5.91 Å². The summed E-state index contributed by atoms with van der Waals surface area (Å²) in [6.07, 6.45) is -0.847. The normalized spacial score (nSPS) is 15.6. The summed E-state index contributed by atoms with van der Waals surface area (Å²) < 4.78 is 5.65. The van der Waals surface area contributed by atoms with Crippen LogP contribution in [-0.2, 0) is 16.1 Å². The van der Waals surface area contributed by atoms with Crippen LogP contribution in [0.3, 0.4) is 0 Å². The molecule has 0 aliphatic carbocycles. The molecule has 2 N–H and O–H groups in total. The van der Waals surface area contributed by atoms with E-state index in [1.165, 1.54) is 0 Å². The highest BCUT2D eigenvalue weighted by Gasteiger charge is 2.29. The first kappa shape index (κ1) is 17.7. The number of nitrogens with zero attached hydrogens (tertiary/aromatic N) is 1. The number of nitrogens with one attached hydrogen (secondary N) is 2. The molecule has 2 amide bonds. The molecule has 0 unspecified atom stereocenters. The van der Waals surface area contributed by atoms with Crippen molar-refractivity contribution in [2.75, 3.05) is 5.32 Å². The predicted molar refractivity (Wildman–Crippen MR) is 106 cm³/mol. The minimum absolute atomic E-state index is 0.0241. The molecule has 1 aliphatic rings. The average Bonchev–Trinajstić information content (AvgIpc) is 3.29. The molecule has 3 heterocycles. The molecule has 4 rings (SSSR count). The third-order valence-electron chi connectivity index (χ3n) is 4.07. The number of thiazole rings is 1. The van der Waals surface area contributed by atoms with Crippen molar-refractivity contribution in [1.29, 1.82) is 0 Å². The van der Waals surface area contributed by atoms with E-state index in [9.17, 15) is 9.59 Å². The average molecular weight is 399 g/mol. The molecule has 27 heavy (non-hydrogen) atoms. The van der Waals surface area contributed by atoms with Crippen LogP contribution >= 0.6 is 22.7 Å². The lowest BCUT2D eigenvalue weighted by Gasteiger charge is -2.25. The number of amides is 2. The Hall–Kier alpha value is -2.71. The van der Waals surface area contributed by atoms with Gasteiger partial charge in [0.1, 0.15) is 5.75 Å². The van der Waals surface area contributed by atoms with Crippen LogP contribution in [0.25, 0.3) is 10.6 Å². The van der Waals surface area contributed by atoms with E-state index in [1.807, 2.05) is 36.6 Å². The fourth-order valence-electron chi connectivity index (χ4n) is 2.74. The summed E-state index contributed by atoms with van der Waals surface area (Å²) in [7, 11) is 0. The van der Waals surface area contributed by atoms with Gasteiger partial charge < -0.3 is 15.4 Å². The van der Waals surface area contributed by atoms with Crippen LogP contribution < -0.4 is 15.4 Å². The number of para-hydroxylation sites is 2. The van der Waals surface area contributed by atoms with Gasteiger partial charge in [0.05, 0.1) is 34.2 Å². The summed E-state index contributed by atoms with van der Waals surface area (Å²) in [5.74, 6) is 0.0477. The number of carbonyl (C=O) groups excluding carboxylic acids is 2. The van der Waals surface area contributed by atoms with Crippen LogP contribution in [0, 0.1) is 6.92 Å². The molecule has 2 aromatic heterocycles. The van der Waals surface area contributed by atoms with E-state index in [4.69, 9.17) is 4.74 Å². The Bertz CT molecular complexity index is 996. The quantitative estimate of drug-likeness (QED) is 0.687. The van der Waals surface area contributed by atoms with Crippen molar-refractivity contribution in [3.63, 3.8) is 0 Å². The molecule has 6 nitrogen and oxygen atoms in total. The molecule has 3 aromatic rings. The summed E-state index contributed by atoms with van der Waals surface area (Å²) >= 11 is 3.21. The number of carbonyl (C=O) groups is 2. The maximum absolute atomic E-state index is 12.2. The molecule has 0 fully saturated rings. The molecule has 138 valence electrons. The number of hydrogen-bond donors (Lipinski definition) is 2. The predicted octanol–water partition coefficient (Wildman–Crippen LogP) is 3.59. The highest BCUT2D eigenvalue weighted by atomic mass is 32.1. The minimum Gasteiger partial charge on any atom is -0.478 e. The van der Waals surface area contributed by atoms with E-state index in [0.29, 0.717) is 18.0 Å². The maximum atomic E-state index is 12.2. The van der Waals surface area contributed by atoms with Crippen molar-refractivity contribution in [3.8, 4) is 16.3 Å². The molecule has 0 radical (unpaired) electrons. The SMILES string of the molecule is Cc1nc(-c2ccc(CNC(=O)C[C@H]3Oc4ccccc4NC3=O)s2)cs1. The topological polar surface area (TPSA) is 80.3 Å².